The fourth-order valence-electron chi connectivity index (χ4n) is 4.09. The molecule has 23 heavy (non-hydrogen) atoms. The minimum Gasteiger partial charge on any atom is -0.303 e. The van der Waals surface area contributed by atoms with Crippen molar-refractivity contribution in [2.75, 3.05) is 0 Å². The van der Waals surface area contributed by atoms with Crippen LogP contribution in [-0.4, -0.2) is 16.1 Å². The second kappa shape index (κ2) is 5.15. The van der Waals surface area contributed by atoms with Crippen LogP contribution in [0.2, 0.25) is 0 Å². The van der Waals surface area contributed by atoms with E-state index in [0.29, 0.717) is 0 Å². The zero-order valence-electron chi connectivity index (χ0n) is 13.1. The number of aromatic nitrogens is 2. The fourth-order valence-corrected chi connectivity index (χ4v) is 4.09. The van der Waals surface area contributed by atoms with E-state index in [0.717, 1.165) is 48.9 Å². The number of fused-ring (bicyclic) bond motifs is 2. The first-order valence-electron chi connectivity index (χ1n) is 8.11. The number of aldehydes is 1. The van der Waals surface area contributed by atoms with E-state index in [1.165, 1.54) is 17.7 Å². The summed E-state index contributed by atoms with van der Waals surface area (Å²) in [5, 5.41) is 4.50. The predicted octanol–water partition coefficient (Wildman–Crippen LogP) is 3.96. The largest absolute Gasteiger partial charge is 0.303 e. The highest BCUT2D eigenvalue weighted by Gasteiger charge is 2.43. The highest BCUT2D eigenvalue weighted by Crippen LogP contribution is 2.50. The molecule has 0 radical (unpaired) electrons. The molecule has 1 aromatic carbocycles. The Morgan fingerprint density at radius 3 is 2.87 bits per heavy atom. The Morgan fingerprint density at radius 2 is 2.13 bits per heavy atom. The average Bonchev–Trinajstić information content (AvgIpc) is 2.94. The molecule has 0 bridgehead atoms. The van der Waals surface area contributed by atoms with Gasteiger partial charge in [-0.15, -0.1) is 0 Å². The molecule has 2 aliphatic carbocycles. The van der Waals surface area contributed by atoms with Gasteiger partial charge in [0.25, 0.3) is 0 Å². The van der Waals surface area contributed by atoms with Gasteiger partial charge in [0.1, 0.15) is 12.1 Å². The van der Waals surface area contributed by atoms with Gasteiger partial charge in [-0.2, -0.15) is 5.10 Å². The number of allylic oxidation sites excluding steroid dienone is 1. The van der Waals surface area contributed by atoms with Gasteiger partial charge in [-0.3, -0.25) is 0 Å². The molecule has 0 saturated heterocycles. The maximum Gasteiger partial charge on any atom is 0.123 e. The maximum absolute atomic E-state index is 13.1. The first-order chi connectivity index (χ1) is 11.1. The van der Waals surface area contributed by atoms with Crippen molar-refractivity contribution in [1.82, 2.24) is 9.78 Å². The molecule has 2 aromatic rings. The first-order valence-corrected chi connectivity index (χ1v) is 8.11. The summed E-state index contributed by atoms with van der Waals surface area (Å²) in [6.45, 7) is 2.20. The molecule has 0 spiro atoms. The van der Waals surface area contributed by atoms with Crippen molar-refractivity contribution in [2.24, 2.45) is 11.3 Å². The van der Waals surface area contributed by atoms with Crippen LogP contribution in [-0.2, 0) is 11.2 Å². The highest BCUT2D eigenvalue weighted by molar-refractivity contribution is 5.66. The summed E-state index contributed by atoms with van der Waals surface area (Å²) in [4.78, 5) is 11.5. The third-order valence-electron chi connectivity index (χ3n) is 5.50. The van der Waals surface area contributed by atoms with Gasteiger partial charge in [0.15, 0.2) is 0 Å². The molecule has 2 atom stereocenters. The van der Waals surface area contributed by atoms with E-state index in [2.05, 4.69) is 18.1 Å². The van der Waals surface area contributed by atoms with Gasteiger partial charge in [-0.25, -0.2) is 9.07 Å². The van der Waals surface area contributed by atoms with Crippen LogP contribution in [0.4, 0.5) is 4.39 Å². The number of carbonyl (C=O) groups excluding carboxylic acids is 1. The molecule has 118 valence electrons. The van der Waals surface area contributed by atoms with E-state index in [4.69, 9.17) is 0 Å². The number of hydrogen-bond acceptors (Lipinski definition) is 2. The quantitative estimate of drug-likeness (QED) is 0.787. The zero-order chi connectivity index (χ0) is 16.0. The summed E-state index contributed by atoms with van der Waals surface area (Å²) in [6.07, 6.45) is 9.12. The number of benzene rings is 1. The summed E-state index contributed by atoms with van der Waals surface area (Å²) in [7, 11) is 0. The van der Waals surface area contributed by atoms with Gasteiger partial charge < -0.3 is 4.79 Å². The van der Waals surface area contributed by atoms with Crippen molar-refractivity contribution in [1.29, 1.82) is 0 Å². The van der Waals surface area contributed by atoms with Gasteiger partial charge in [-0.05, 0) is 61.6 Å². The van der Waals surface area contributed by atoms with E-state index in [1.54, 1.807) is 12.1 Å². The standard InChI is InChI=1S/C19H19FN2O/c1-19-10-13-11-21-22(17-7-5-16(20)6-8-17)18(13)9-14(19)3-2-4-15(19)12-23/h5-9,11-12,15H,2-4,10H2,1H3/t15?,19-/m0/s1. The van der Waals surface area contributed by atoms with Crippen molar-refractivity contribution in [3.05, 3.63) is 53.1 Å². The van der Waals surface area contributed by atoms with Gasteiger partial charge in [0.2, 0.25) is 0 Å². The Kier molecular flexibility index (Phi) is 3.22. The summed E-state index contributed by atoms with van der Waals surface area (Å²) in [5.41, 5.74) is 4.35. The van der Waals surface area contributed by atoms with Crippen molar-refractivity contribution in [2.45, 2.75) is 32.6 Å². The summed E-state index contributed by atoms with van der Waals surface area (Å²) >= 11 is 0. The van der Waals surface area contributed by atoms with Crippen LogP contribution >= 0.6 is 0 Å². The van der Waals surface area contributed by atoms with E-state index in [1.807, 2.05) is 10.9 Å². The minimum atomic E-state index is -0.248. The van der Waals surface area contributed by atoms with Crippen LogP contribution in [0.25, 0.3) is 11.8 Å². The molecule has 4 heteroatoms. The van der Waals surface area contributed by atoms with Crippen molar-refractivity contribution < 1.29 is 9.18 Å². The van der Waals surface area contributed by atoms with E-state index in [9.17, 15) is 9.18 Å². The zero-order valence-corrected chi connectivity index (χ0v) is 13.1. The van der Waals surface area contributed by atoms with Crippen molar-refractivity contribution >= 4 is 12.4 Å². The lowest BCUT2D eigenvalue weighted by Gasteiger charge is -2.43. The Balaban J connectivity index is 1.80. The molecule has 1 unspecified atom stereocenters. The Labute approximate surface area is 134 Å². The molecule has 1 saturated carbocycles. The number of carbonyl (C=O) groups is 1. The SMILES string of the molecule is C[C@]12Cc3cnn(-c4ccc(F)cc4)c3C=C1CCCC2C=O. The van der Waals surface area contributed by atoms with Crippen molar-refractivity contribution in [3.8, 4) is 5.69 Å². The minimum absolute atomic E-state index is 0.0797. The van der Waals surface area contributed by atoms with E-state index >= 15 is 0 Å². The predicted molar refractivity (Wildman–Crippen MR) is 86.7 cm³/mol. The Morgan fingerprint density at radius 1 is 1.35 bits per heavy atom. The normalized spacial score (nSPS) is 26.2. The number of nitrogens with zero attached hydrogens (tertiary/aromatic N) is 2. The first kappa shape index (κ1) is 14.4. The lowest BCUT2D eigenvalue weighted by molar-refractivity contribution is -0.114. The molecule has 2 aliphatic rings. The number of halogens is 1. The number of hydrogen-bond donors (Lipinski definition) is 0. The molecule has 1 aromatic heterocycles. The molecule has 1 fully saturated rings. The summed E-state index contributed by atoms with van der Waals surface area (Å²) in [6, 6.07) is 6.38. The molecular formula is C19H19FN2O. The van der Waals surface area contributed by atoms with Crippen LogP contribution in [0.15, 0.2) is 36.0 Å². The molecule has 0 N–H and O–H groups in total. The van der Waals surface area contributed by atoms with Gasteiger partial charge >= 0.3 is 0 Å². The maximum atomic E-state index is 13.1. The van der Waals surface area contributed by atoms with E-state index < -0.39 is 0 Å². The van der Waals surface area contributed by atoms with Gasteiger partial charge in [-0.1, -0.05) is 12.5 Å². The monoisotopic (exact) mass is 310 g/mol. The second-order valence-corrected chi connectivity index (χ2v) is 6.84. The molecule has 3 nitrogen and oxygen atoms in total. The lowest BCUT2D eigenvalue weighted by atomic mass is 9.60. The summed E-state index contributed by atoms with van der Waals surface area (Å²) < 4.78 is 15.0. The smallest absolute Gasteiger partial charge is 0.123 e. The van der Waals surface area contributed by atoms with Crippen LogP contribution in [0.5, 0.6) is 0 Å². The van der Waals surface area contributed by atoms with Crippen LogP contribution < -0.4 is 0 Å². The topological polar surface area (TPSA) is 34.9 Å². The summed E-state index contributed by atoms with van der Waals surface area (Å²) in [5.74, 6) is -0.161. The molecule has 1 heterocycles. The molecular weight excluding hydrogens is 291 g/mol. The van der Waals surface area contributed by atoms with E-state index in [-0.39, 0.29) is 17.2 Å². The van der Waals surface area contributed by atoms with Crippen LogP contribution in [0.3, 0.4) is 0 Å². The molecule has 0 aliphatic heterocycles. The number of rotatable bonds is 2. The van der Waals surface area contributed by atoms with Crippen molar-refractivity contribution in [3.63, 3.8) is 0 Å². The molecule has 4 rings (SSSR count). The average molecular weight is 310 g/mol. The third kappa shape index (κ3) is 2.16. The fraction of sp³-hybridized carbons (Fsp3) is 0.368. The third-order valence-corrected chi connectivity index (χ3v) is 5.50. The van der Waals surface area contributed by atoms with Crippen LogP contribution in [0.1, 0.15) is 37.4 Å². The van der Waals surface area contributed by atoms with Crippen LogP contribution in [0, 0.1) is 17.2 Å². The lowest BCUT2D eigenvalue weighted by Crippen LogP contribution is -2.37. The van der Waals surface area contributed by atoms with Gasteiger partial charge in [0.05, 0.1) is 17.6 Å². The second-order valence-electron chi connectivity index (χ2n) is 6.84. The van der Waals surface area contributed by atoms with Gasteiger partial charge in [0, 0.05) is 11.3 Å². The molecule has 0 amide bonds. The Bertz CT molecular complexity index is 790. The highest BCUT2D eigenvalue weighted by atomic mass is 19.1. The Hall–Kier alpha value is -2.23.